The SMILES string of the molecule is O=C(NNc1ccccc1)c1cc(Cl)c2c(c1)OCCO2. The van der Waals surface area contributed by atoms with Gasteiger partial charge in [0.1, 0.15) is 13.2 Å². The standard InChI is InChI=1S/C15H13ClN2O3/c16-12-8-10(9-13-14(12)21-7-6-20-13)15(19)18-17-11-4-2-1-3-5-11/h1-5,8-9,17H,6-7H2,(H,18,19). The quantitative estimate of drug-likeness (QED) is 0.856. The summed E-state index contributed by atoms with van der Waals surface area (Å²) in [5, 5.41) is 0.358. The van der Waals surface area contributed by atoms with Crippen molar-refractivity contribution in [2.45, 2.75) is 0 Å². The van der Waals surface area contributed by atoms with Crippen molar-refractivity contribution in [1.29, 1.82) is 0 Å². The van der Waals surface area contributed by atoms with Crippen LogP contribution in [0.2, 0.25) is 5.02 Å². The van der Waals surface area contributed by atoms with Gasteiger partial charge in [0, 0.05) is 5.56 Å². The van der Waals surface area contributed by atoms with Crippen LogP contribution in [0.5, 0.6) is 11.5 Å². The minimum atomic E-state index is -0.308. The molecule has 0 aliphatic carbocycles. The second kappa shape index (κ2) is 5.93. The highest BCUT2D eigenvalue weighted by Gasteiger charge is 2.19. The molecule has 0 unspecified atom stereocenters. The molecule has 3 rings (SSSR count). The van der Waals surface area contributed by atoms with E-state index in [2.05, 4.69) is 10.9 Å². The number of para-hydroxylation sites is 1. The fraction of sp³-hybridized carbons (Fsp3) is 0.133. The van der Waals surface area contributed by atoms with Gasteiger partial charge in [0.25, 0.3) is 5.91 Å². The van der Waals surface area contributed by atoms with E-state index in [0.29, 0.717) is 35.3 Å². The Morgan fingerprint density at radius 3 is 2.67 bits per heavy atom. The topological polar surface area (TPSA) is 59.6 Å². The number of amides is 1. The van der Waals surface area contributed by atoms with Crippen LogP contribution in [-0.4, -0.2) is 19.1 Å². The van der Waals surface area contributed by atoms with Gasteiger partial charge in [-0.1, -0.05) is 29.8 Å². The van der Waals surface area contributed by atoms with Gasteiger partial charge in [-0.25, -0.2) is 0 Å². The lowest BCUT2D eigenvalue weighted by molar-refractivity contribution is 0.0961. The molecule has 1 heterocycles. The third-order valence-electron chi connectivity index (χ3n) is 2.95. The molecule has 0 saturated heterocycles. The van der Waals surface area contributed by atoms with Crippen molar-refractivity contribution in [3.63, 3.8) is 0 Å². The third-order valence-corrected chi connectivity index (χ3v) is 3.23. The van der Waals surface area contributed by atoms with Crippen LogP contribution in [-0.2, 0) is 0 Å². The fourth-order valence-corrected chi connectivity index (χ4v) is 2.23. The lowest BCUT2D eigenvalue weighted by Crippen LogP contribution is -2.29. The van der Waals surface area contributed by atoms with Crippen molar-refractivity contribution in [2.75, 3.05) is 18.6 Å². The number of fused-ring (bicyclic) bond motifs is 1. The van der Waals surface area contributed by atoms with Crippen LogP contribution in [0.3, 0.4) is 0 Å². The molecule has 2 N–H and O–H groups in total. The van der Waals surface area contributed by atoms with E-state index in [1.54, 1.807) is 12.1 Å². The van der Waals surface area contributed by atoms with Crippen LogP contribution in [0, 0.1) is 0 Å². The minimum Gasteiger partial charge on any atom is -0.486 e. The van der Waals surface area contributed by atoms with Crippen molar-refractivity contribution < 1.29 is 14.3 Å². The molecule has 1 aliphatic rings. The Kier molecular flexibility index (Phi) is 3.83. The van der Waals surface area contributed by atoms with Gasteiger partial charge < -0.3 is 9.47 Å². The van der Waals surface area contributed by atoms with E-state index in [4.69, 9.17) is 21.1 Å². The molecule has 5 nitrogen and oxygen atoms in total. The van der Waals surface area contributed by atoms with Gasteiger partial charge in [-0.15, -0.1) is 0 Å². The van der Waals surface area contributed by atoms with E-state index in [-0.39, 0.29) is 5.91 Å². The number of ether oxygens (including phenoxy) is 2. The summed E-state index contributed by atoms with van der Waals surface area (Å²) in [7, 11) is 0. The first-order chi connectivity index (χ1) is 10.2. The normalized spacial score (nSPS) is 12.6. The highest BCUT2D eigenvalue weighted by atomic mass is 35.5. The van der Waals surface area contributed by atoms with Crippen molar-refractivity contribution in [2.24, 2.45) is 0 Å². The van der Waals surface area contributed by atoms with Gasteiger partial charge in [-0.05, 0) is 24.3 Å². The number of carbonyl (C=O) groups excluding carboxylic acids is 1. The van der Waals surface area contributed by atoms with E-state index in [1.807, 2.05) is 30.3 Å². The lowest BCUT2D eigenvalue weighted by Gasteiger charge is -2.20. The zero-order valence-electron chi connectivity index (χ0n) is 11.1. The van der Waals surface area contributed by atoms with Gasteiger partial charge in [0.2, 0.25) is 0 Å². The van der Waals surface area contributed by atoms with Crippen molar-refractivity contribution in [1.82, 2.24) is 5.43 Å². The number of benzene rings is 2. The maximum absolute atomic E-state index is 12.1. The largest absolute Gasteiger partial charge is 0.486 e. The number of carbonyl (C=O) groups is 1. The van der Waals surface area contributed by atoms with Crippen LogP contribution < -0.4 is 20.3 Å². The second-order valence-corrected chi connectivity index (χ2v) is 4.83. The second-order valence-electron chi connectivity index (χ2n) is 4.43. The van der Waals surface area contributed by atoms with E-state index in [0.717, 1.165) is 5.69 Å². The summed E-state index contributed by atoms with van der Waals surface area (Å²) in [4.78, 5) is 12.1. The van der Waals surface area contributed by atoms with Crippen LogP contribution in [0.1, 0.15) is 10.4 Å². The first-order valence-corrected chi connectivity index (χ1v) is 6.82. The number of hydrazine groups is 1. The van der Waals surface area contributed by atoms with E-state index in [9.17, 15) is 4.79 Å². The smallest absolute Gasteiger partial charge is 0.269 e. The molecular formula is C15H13ClN2O3. The molecule has 0 fully saturated rings. The summed E-state index contributed by atoms with van der Waals surface area (Å²) in [5.41, 5.74) is 6.62. The average molecular weight is 305 g/mol. The summed E-state index contributed by atoms with van der Waals surface area (Å²) in [6, 6.07) is 12.5. The summed E-state index contributed by atoms with van der Waals surface area (Å²) >= 11 is 6.10. The Morgan fingerprint density at radius 2 is 1.86 bits per heavy atom. The van der Waals surface area contributed by atoms with Gasteiger partial charge in [0.05, 0.1) is 10.7 Å². The molecule has 0 spiro atoms. The molecule has 1 amide bonds. The first kappa shape index (κ1) is 13.6. The van der Waals surface area contributed by atoms with Crippen LogP contribution in [0.25, 0.3) is 0 Å². The van der Waals surface area contributed by atoms with Gasteiger partial charge in [-0.3, -0.25) is 15.6 Å². The summed E-state index contributed by atoms with van der Waals surface area (Å²) in [6.07, 6.45) is 0. The molecule has 2 aromatic rings. The number of nitrogens with one attached hydrogen (secondary N) is 2. The molecule has 0 aromatic heterocycles. The Morgan fingerprint density at radius 1 is 1.10 bits per heavy atom. The third kappa shape index (κ3) is 3.03. The Bertz CT molecular complexity index is 661. The summed E-state index contributed by atoms with van der Waals surface area (Å²) in [6.45, 7) is 0.893. The molecule has 0 bridgehead atoms. The van der Waals surface area contributed by atoms with Crippen molar-refractivity contribution >= 4 is 23.2 Å². The molecule has 0 radical (unpaired) electrons. The monoisotopic (exact) mass is 304 g/mol. The zero-order chi connectivity index (χ0) is 14.7. The predicted molar refractivity (Wildman–Crippen MR) is 80.0 cm³/mol. The van der Waals surface area contributed by atoms with Gasteiger partial charge >= 0.3 is 0 Å². The summed E-state index contributed by atoms with van der Waals surface area (Å²) in [5.74, 6) is 0.659. The highest BCUT2D eigenvalue weighted by molar-refractivity contribution is 6.32. The lowest BCUT2D eigenvalue weighted by atomic mass is 10.2. The number of rotatable bonds is 3. The van der Waals surface area contributed by atoms with E-state index < -0.39 is 0 Å². The Balaban J connectivity index is 1.74. The predicted octanol–water partition coefficient (Wildman–Crippen LogP) is 2.87. The first-order valence-electron chi connectivity index (χ1n) is 6.44. The van der Waals surface area contributed by atoms with Crippen LogP contribution in [0.15, 0.2) is 42.5 Å². The van der Waals surface area contributed by atoms with Crippen LogP contribution in [0.4, 0.5) is 5.69 Å². The highest BCUT2D eigenvalue weighted by Crippen LogP contribution is 2.38. The number of hydrogen-bond donors (Lipinski definition) is 2. The Hall–Kier alpha value is -2.40. The molecule has 0 atom stereocenters. The van der Waals surface area contributed by atoms with Crippen molar-refractivity contribution in [3.8, 4) is 11.5 Å². The van der Waals surface area contributed by atoms with E-state index >= 15 is 0 Å². The maximum Gasteiger partial charge on any atom is 0.269 e. The number of halogens is 1. The minimum absolute atomic E-state index is 0.308. The molecule has 2 aromatic carbocycles. The van der Waals surface area contributed by atoms with Crippen molar-refractivity contribution in [3.05, 3.63) is 53.1 Å². The fourth-order valence-electron chi connectivity index (χ4n) is 1.96. The van der Waals surface area contributed by atoms with E-state index in [1.165, 1.54) is 0 Å². The van der Waals surface area contributed by atoms with Gasteiger partial charge in [0.15, 0.2) is 11.5 Å². The molecule has 6 heteroatoms. The Labute approximate surface area is 126 Å². The maximum atomic E-state index is 12.1. The average Bonchev–Trinajstić information content (AvgIpc) is 2.53. The van der Waals surface area contributed by atoms with Gasteiger partial charge in [-0.2, -0.15) is 0 Å². The zero-order valence-corrected chi connectivity index (χ0v) is 11.8. The van der Waals surface area contributed by atoms with Crippen LogP contribution >= 0.6 is 11.6 Å². The molecule has 108 valence electrons. The molecular weight excluding hydrogens is 292 g/mol. The molecule has 21 heavy (non-hydrogen) atoms. The number of hydrogen-bond acceptors (Lipinski definition) is 4. The molecule has 0 saturated carbocycles. The summed E-state index contributed by atoms with van der Waals surface area (Å²) < 4.78 is 10.9. The molecule has 1 aliphatic heterocycles. The number of anilines is 1.